The van der Waals surface area contributed by atoms with Gasteiger partial charge in [0.2, 0.25) is 0 Å². The zero-order valence-electron chi connectivity index (χ0n) is 17.1. The Morgan fingerprint density at radius 1 is 1.18 bits per heavy atom. The molecule has 9 heteroatoms. The number of sulfone groups is 1. The number of aryl methyl sites for hydroxylation is 1. The number of benzene rings is 1. The van der Waals surface area contributed by atoms with Gasteiger partial charge in [0.15, 0.2) is 9.84 Å². The molecular formula is C19H30NO6PS. The summed E-state index contributed by atoms with van der Waals surface area (Å²) in [5.41, 5.74) is 0.109. The Morgan fingerprint density at radius 2 is 1.75 bits per heavy atom. The number of nitrogens with one attached hydrogen (secondary N) is 1. The van der Waals surface area contributed by atoms with Crippen molar-refractivity contribution in [3.8, 4) is 0 Å². The fourth-order valence-corrected chi connectivity index (χ4v) is 9.33. The van der Waals surface area contributed by atoms with E-state index in [1.165, 1.54) is 0 Å². The number of hydrogen-bond acceptors (Lipinski definition) is 7. The molecule has 2 heterocycles. The lowest BCUT2D eigenvalue weighted by Crippen LogP contribution is -2.52. The standard InChI is InChI=1S/C19H30NO6PS/c1-6-25-27(21,26-7-2)19-13-20-17(16(19)12-24-18(19,4)5)28(22,23)15-10-8-14(3)9-11-15/h8-11,16-17,20H,6-7,12-13H2,1-5H3/t16-,17?,19-/m0/s1. The Morgan fingerprint density at radius 3 is 2.29 bits per heavy atom. The summed E-state index contributed by atoms with van der Waals surface area (Å²) >= 11 is 0. The quantitative estimate of drug-likeness (QED) is 0.663. The van der Waals surface area contributed by atoms with Gasteiger partial charge in [0, 0.05) is 12.5 Å². The van der Waals surface area contributed by atoms with Crippen LogP contribution in [0.1, 0.15) is 33.3 Å². The predicted molar refractivity (Wildman–Crippen MR) is 107 cm³/mol. The second-order valence-electron chi connectivity index (χ2n) is 7.84. The first kappa shape index (κ1) is 21.9. The van der Waals surface area contributed by atoms with Gasteiger partial charge in [0.25, 0.3) is 0 Å². The van der Waals surface area contributed by atoms with Crippen LogP contribution in [0, 0.1) is 12.8 Å². The number of fused-ring (bicyclic) bond motifs is 1. The fraction of sp³-hybridized carbons (Fsp3) is 0.684. The second-order valence-corrected chi connectivity index (χ2v) is 12.2. The zero-order valence-corrected chi connectivity index (χ0v) is 18.8. The summed E-state index contributed by atoms with van der Waals surface area (Å²) in [5, 5.41) is 1.12. The summed E-state index contributed by atoms with van der Waals surface area (Å²) in [6.45, 7) is 9.83. The lowest BCUT2D eigenvalue weighted by atomic mass is 9.85. The van der Waals surface area contributed by atoms with Crippen molar-refractivity contribution in [2.24, 2.45) is 5.92 Å². The largest absolute Gasteiger partial charge is 0.374 e. The molecule has 3 rings (SSSR count). The van der Waals surface area contributed by atoms with E-state index in [1.807, 2.05) is 20.8 Å². The molecule has 0 spiro atoms. The lowest BCUT2D eigenvalue weighted by molar-refractivity contribution is 0.00955. The Bertz CT molecular complexity index is 859. The molecule has 1 N–H and O–H groups in total. The van der Waals surface area contributed by atoms with Crippen LogP contribution < -0.4 is 5.32 Å². The Hall–Kier alpha value is -0.760. The smallest absolute Gasteiger partial charge is 0.341 e. The van der Waals surface area contributed by atoms with E-state index < -0.39 is 39.5 Å². The number of ether oxygens (including phenoxy) is 1. The molecule has 2 saturated heterocycles. The molecule has 0 radical (unpaired) electrons. The first-order valence-electron chi connectivity index (χ1n) is 9.63. The number of rotatable bonds is 7. The summed E-state index contributed by atoms with van der Waals surface area (Å²) in [6.07, 6.45) is 0. The van der Waals surface area contributed by atoms with Crippen LogP contribution in [-0.4, -0.2) is 50.9 Å². The summed E-state index contributed by atoms with van der Waals surface area (Å²) in [4.78, 5) is 0.235. The minimum Gasteiger partial charge on any atom is -0.374 e. The maximum absolute atomic E-state index is 13.9. The molecule has 0 bridgehead atoms. The van der Waals surface area contributed by atoms with Crippen LogP contribution in [0.5, 0.6) is 0 Å². The van der Waals surface area contributed by atoms with Crippen LogP contribution in [0.3, 0.4) is 0 Å². The van der Waals surface area contributed by atoms with Crippen LogP contribution in [0.2, 0.25) is 0 Å². The highest BCUT2D eigenvalue weighted by molar-refractivity contribution is 7.92. The van der Waals surface area contributed by atoms with Gasteiger partial charge in [-0.15, -0.1) is 0 Å². The molecule has 0 aromatic heterocycles. The molecule has 2 aliphatic rings. The van der Waals surface area contributed by atoms with Gasteiger partial charge in [-0.3, -0.25) is 9.88 Å². The van der Waals surface area contributed by atoms with Gasteiger partial charge in [-0.25, -0.2) is 8.42 Å². The highest BCUT2D eigenvalue weighted by Crippen LogP contribution is 2.71. The second kappa shape index (κ2) is 7.49. The maximum atomic E-state index is 13.9. The Balaban J connectivity index is 2.09. The van der Waals surface area contributed by atoms with E-state index in [0.717, 1.165) is 5.56 Å². The lowest BCUT2D eigenvalue weighted by Gasteiger charge is -2.43. The molecule has 2 fully saturated rings. The molecule has 0 saturated carbocycles. The van der Waals surface area contributed by atoms with E-state index in [-0.39, 0.29) is 31.3 Å². The maximum Gasteiger partial charge on any atom is 0.341 e. The zero-order chi connectivity index (χ0) is 20.8. The summed E-state index contributed by atoms with van der Waals surface area (Å²) in [7, 11) is -7.38. The van der Waals surface area contributed by atoms with Crippen molar-refractivity contribution in [3.63, 3.8) is 0 Å². The average molecular weight is 431 g/mol. The van der Waals surface area contributed by atoms with Gasteiger partial charge in [0.1, 0.15) is 10.5 Å². The van der Waals surface area contributed by atoms with Crippen molar-refractivity contribution >= 4 is 17.4 Å². The molecule has 0 amide bonds. The van der Waals surface area contributed by atoms with Crippen LogP contribution in [-0.2, 0) is 28.2 Å². The monoisotopic (exact) mass is 431 g/mol. The van der Waals surface area contributed by atoms with Crippen molar-refractivity contribution in [2.75, 3.05) is 26.4 Å². The van der Waals surface area contributed by atoms with E-state index in [4.69, 9.17) is 13.8 Å². The van der Waals surface area contributed by atoms with E-state index in [0.29, 0.717) is 0 Å². The van der Waals surface area contributed by atoms with Crippen molar-refractivity contribution in [1.29, 1.82) is 0 Å². The minimum atomic E-state index is -3.71. The fourth-order valence-electron chi connectivity index (χ4n) is 4.53. The average Bonchev–Trinajstić information content (AvgIpc) is 3.14. The molecule has 7 nitrogen and oxygen atoms in total. The predicted octanol–water partition coefficient (Wildman–Crippen LogP) is 3.13. The summed E-state index contributed by atoms with van der Waals surface area (Å²) < 4.78 is 58.1. The number of hydrogen-bond donors (Lipinski definition) is 1. The first-order valence-corrected chi connectivity index (χ1v) is 12.7. The summed E-state index contributed by atoms with van der Waals surface area (Å²) in [6, 6.07) is 6.76. The molecule has 3 atom stereocenters. The van der Waals surface area contributed by atoms with Crippen LogP contribution in [0.4, 0.5) is 0 Å². The van der Waals surface area contributed by atoms with Gasteiger partial charge < -0.3 is 13.8 Å². The summed E-state index contributed by atoms with van der Waals surface area (Å²) in [5.74, 6) is -0.558. The van der Waals surface area contributed by atoms with E-state index in [2.05, 4.69) is 5.32 Å². The third-order valence-electron chi connectivity index (χ3n) is 5.99. The normalized spacial score (nSPS) is 29.8. The third-order valence-corrected chi connectivity index (χ3v) is 11.3. The molecule has 1 aromatic rings. The van der Waals surface area contributed by atoms with Gasteiger partial charge in [-0.1, -0.05) is 17.7 Å². The van der Waals surface area contributed by atoms with Gasteiger partial charge in [-0.05, 0) is 46.8 Å². The minimum absolute atomic E-state index is 0.167. The highest BCUT2D eigenvalue weighted by atomic mass is 32.2. The van der Waals surface area contributed by atoms with Crippen LogP contribution in [0.25, 0.3) is 0 Å². The molecule has 28 heavy (non-hydrogen) atoms. The van der Waals surface area contributed by atoms with Crippen LogP contribution in [0.15, 0.2) is 29.2 Å². The SMILES string of the molecule is CCOP(=O)(OCC)[C@@]12CNC(S(=O)(=O)c3ccc(C)cc3)[C@@H]1COC2(C)C. The van der Waals surface area contributed by atoms with E-state index in [1.54, 1.807) is 38.1 Å². The van der Waals surface area contributed by atoms with E-state index in [9.17, 15) is 13.0 Å². The van der Waals surface area contributed by atoms with Gasteiger partial charge >= 0.3 is 7.60 Å². The Kier molecular flexibility index (Phi) is 5.87. The van der Waals surface area contributed by atoms with Crippen molar-refractivity contribution in [3.05, 3.63) is 29.8 Å². The van der Waals surface area contributed by atoms with Gasteiger partial charge in [0.05, 0.1) is 30.3 Å². The first-order chi connectivity index (χ1) is 13.1. The van der Waals surface area contributed by atoms with Gasteiger partial charge in [-0.2, -0.15) is 0 Å². The topological polar surface area (TPSA) is 90.9 Å². The molecule has 1 aromatic carbocycles. The molecular weight excluding hydrogens is 401 g/mol. The van der Waals surface area contributed by atoms with Crippen LogP contribution >= 0.6 is 7.60 Å². The molecule has 0 aliphatic carbocycles. The molecule has 158 valence electrons. The highest BCUT2D eigenvalue weighted by Gasteiger charge is 2.74. The van der Waals surface area contributed by atoms with Crippen molar-refractivity contribution in [2.45, 2.75) is 55.6 Å². The van der Waals surface area contributed by atoms with E-state index >= 15 is 0 Å². The molecule has 2 aliphatic heterocycles. The third kappa shape index (κ3) is 3.09. The Labute approximate surface area is 167 Å². The van der Waals surface area contributed by atoms with Crippen molar-refractivity contribution in [1.82, 2.24) is 5.32 Å². The molecule has 1 unspecified atom stereocenters. The van der Waals surface area contributed by atoms with Crippen molar-refractivity contribution < 1.29 is 26.8 Å².